The molecule has 1 N–H and O–H groups in total. The Hall–Kier alpha value is -0.640. The topological polar surface area (TPSA) is 44.7 Å². The average Bonchev–Trinajstić information content (AvgIpc) is 2.50. The van der Waals surface area contributed by atoms with Gasteiger partial charge in [-0.25, -0.2) is 0 Å². The summed E-state index contributed by atoms with van der Waals surface area (Å²) in [5.74, 6) is 0.668. The van der Waals surface area contributed by atoms with Crippen LogP contribution in [0.25, 0.3) is 0 Å². The predicted octanol–water partition coefficient (Wildman–Crippen LogP) is 0.352. The molecule has 0 aromatic rings. The first kappa shape index (κ1) is 7.03. The Morgan fingerprint density at radius 2 is 2.36 bits per heavy atom. The highest BCUT2D eigenvalue weighted by atomic mass is 16.3. The molecule has 0 aromatic heterocycles. The summed E-state index contributed by atoms with van der Waals surface area (Å²) in [6.07, 6.45) is 2.37. The number of hydrogen-bond acceptors (Lipinski definition) is 3. The maximum atomic E-state index is 10.4. The molecular formula is C7H13N3O. The third-order valence-corrected chi connectivity index (χ3v) is 2.75. The molecule has 2 heterocycles. The van der Waals surface area contributed by atoms with E-state index in [1.165, 1.54) is 6.42 Å². The third-order valence-electron chi connectivity index (χ3n) is 2.75. The highest BCUT2D eigenvalue weighted by Gasteiger charge is 2.35. The van der Waals surface area contributed by atoms with E-state index in [2.05, 4.69) is 10.6 Å². The molecule has 4 nitrogen and oxygen atoms in total. The summed E-state index contributed by atoms with van der Waals surface area (Å²) < 4.78 is 0. The lowest BCUT2D eigenvalue weighted by atomic mass is 9.93. The molecule has 0 aliphatic carbocycles. The van der Waals surface area contributed by atoms with E-state index in [0.29, 0.717) is 12.0 Å². The molecule has 2 saturated heterocycles. The lowest BCUT2D eigenvalue weighted by Gasteiger charge is -2.31. The van der Waals surface area contributed by atoms with Crippen molar-refractivity contribution >= 4 is 0 Å². The van der Waals surface area contributed by atoms with Crippen LogP contribution in [0.2, 0.25) is 0 Å². The molecule has 2 aliphatic heterocycles. The predicted molar refractivity (Wildman–Crippen MR) is 41.9 cm³/mol. The maximum absolute atomic E-state index is 10.4. The van der Waals surface area contributed by atoms with Crippen molar-refractivity contribution in [2.75, 3.05) is 19.6 Å². The molecule has 2 unspecified atom stereocenters. The van der Waals surface area contributed by atoms with Crippen molar-refractivity contribution in [1.29, 1.82) is 0 Å². The van der Waals surface area contributed by atoms with Gasteiger partial charge in [0.15, 0.2) is 0 Å². The zero-order valence-electron chi connectivity index (χ0n) is 6.49. The van der Waals surface area contributed by atoms with E-state index in [9.17, 15) is 4.91 Å². The zero-order valence-corrected chi connectivity index (χ0v) is 6.49. The van der Waals surface area contributed by atoms with Gasteiger partial charge < -0.3 is 5.32 Å². The normalized spacial score (nSPS) is 36.9. The Morgan fingerprint density at radius 3 is 3.18 bits per heavy atom. The average molecular weight is 155 g/mol. The third kappa shape index (κ3) is 1.11. The molecule has 2 aliphatic rings. The fourth-order valence-corrected chi connectivity index (χ4v) is 2.15. The summed E-state index contributed by atoms with van der Waals surface area (Å²) in [4.78, 5) is 10.4. The molecule has 0 radical (unpaired) electrons. The minimum atomic E-state index is 0.390. The van der Waals surface area contributed by atoms with Crippen molar-refractivity contribution < 1.29 is 0 Å². The van der Waals surface area contributed by atoms with Gasteiger partial charge in [-0.3, -0.25) is 5.01 Å². The molecule has 0 bridgehead atoms. The van der Waals surface area contributed by atoms with Gasteiger partial charge in [0.1, 0.15) is 0 Å². The minimum Gasteiger partial charge on any atom is -0.314 e. The van der Waals surface area contributed by atoms with Crippen molar-refractivity contribution in [2.45, 2.75) is 18.9 Å². The molecule has 0 aromatic carbocycles. The number of rotatable bonds is 1. The lowest BCUT2D eigenvalue weighted by molar-refractivity contribution is 0.128. The maximum Gasteiger partial charge on any atom is 0.0667 e. The Morgan fingerprint density at radius 1 is 1.45 bits per heavy atom. The van der Waals surface area contributed by atoms with Gasteiger partial charge in [-0.05, 0) is 18.8 Å². The fraction of sp³-hybridized carbons (Fsp3) is 1.00. The Kier molecular flexibility index (Phi) is 1.77. The van der Waals surface area contributed by atoms with Crippen LogP contribution in [0.3, 0.4) is 0 Å². The molecule has 4 heteroatoms. The van der Waals surface area contributed by atoms with Gasteiger partial charge in [0.25, 0.3) is 0 Å². The van der Waals surface area contributed by atoms with Crippen LogP contribution in [-0.2, 0) is 0 Å². The van der Waals surface area contributed by atoms with Crippen LogP contribution in [0, 0.1) is 10.8 Å². The molecule has 0 spiro atoms. The summed E-state index contributed by atoms with van der Waals surface area (Å²) in [5.41, 5.74) is 0. The first-order valence-corrected chi connectivity index (χ1v) is 4.22. The van der Waals surface area contributed by atoms with E-state index in [1.807, 2.05) is 0 Å². The second-order valence-corrected chi connectivity index (χ2v) is 3.37. The summed E-state index contributed by atoms with van der Waals surface area (Å²) in [6, 6.07) is 0.390. The number of nitroso groups, excluding NO2 is 1. The number of fused-ring (bicyclic) bond motifs is 1. The van der Waals surface area contributed by atoms with Gasteiger partial charge in [0.05, 0.1) is 11.3 Å². The summed E-state index contributed by atoms with van der Waals surface area (Å²) in [7, 11) is 0. The SMILES string of the molecule is O=NN1CCCC2CNCC21. The lowest BCUT2D eigenvalue weighted by Crippen LogP contribution is -2.41. The van der Waals surface area contributed by atoms with Crippen molar-refractivity contribution in [3.05, 3.63) is 4.91 Å². The van der Waals surface area contributed by atoms with Gasteiger partial charge in [-0.2, -0.15) is 0 Å². The number of hydrogen-bond donors (Lipinski definition) is 1. The van der Waals surface area contributed by atoms with Crippen molar-refractivity contribution in [3.63, 3.8) is 0 Å². The second-order valence-electron chi connectivity index (χ2n) is 3.37. The van der Waals surface area contributed by atoms with Gasteiger partial charge in [-0.1, -0.05) is 0 Å². The highest BCUT2D eigenvalue weighted by molar-refractivity contribution is 4.90. The van der Waals surface area contributed by atoms with E-state index in [4.69, 9.17) is 0 Å². The zero-order chi connectivity index (χ0) is 7.68. The molecular weight excluding hydrogens is 142 g/mol. The van der Waals surface area contributed by atoms with Crippen LogP contribution < -0.4 is 5.32 Å². The quantitative estimate of drug-likeness (QED) is 0.556. The molecule has 2 rings (SSSR count). The fourth-order valence-electron chi connectivity index (χ4n) is 2.15. The van der Waals surface area contributed by atoms with Crippen molar-refractivity contribution in [3.8, 4) is 0 Å². The number of piperidine rings is 1. The molecule has 2 atom stereocenters. The largest absolute Gasteiger partial charge is 0.314 e. The van der Waals surface area contributed by atoms with Crippen LogP contribution >= 0.6 is 0 Å². The van der Waals surface area contributed by atoms with Crippen LogP contribution in [0.1, 0.15) is 12.8 Å². The highest BCUT2D eigenvalue weighted by Crippen LogP contribution is 2.25. The van der Waals surface area contributed by atoms with E-state index in [0.717, 1.165) is 26.1 Å². The van der Waals surface area contributed by atoms with Gasteiger partial charge in [0, 0.05) is 19.6 Å². The number of nitrogens with one attached hydrogen (secondary N) is 1. The molecule has 62 valence electrons. The molecule has 2 fully saturated rings. The van der Waals surface area contributed by atoms with Crippen LogP contribution in [0.15, 0.2) is 5.29 Å². The second kappa shape index (κ2) is 2.77. The van der Waals surface area contributed by atoms with E-state index in [-0.39, 0.29) is 0 Å². The Labute approximate surface area is 65.9 Å². The first-order valence-electron chi connectivity index (χ1n) is 4.22. The summed E-state index contributed by atoms with van der Waals surface area (Å²) in [6.45, 7) is 2.86. The Balaban J connectivity index is 2.06. The van der Waals surface area contributed by atoms with Crippen LogP contribution in [0.4, 0.5) is 0 Å². The summed E-state index contributed by atoms with van der Waals surface area (Å²) in [5, 5.41) is 8.02. The van der Waals surface area contributed by atoms with Gasteiger partial charge in [0.2, 0.25) is 0 Å². The Bertz CT molecular complexity index is 162. The van der Waals surface area contributed by atoms with Gasteiger partial charge >= 0.3 is 0 Å². The van der Waals surface area contributed by atoms with Crippen molar-refractivity contribution in [1.82, 2.24) is 10.3 Å². The minimum absolute atomic E-state index is 0.390. The monoisotopic (exact) mass is 155 g/mol. The van der Waals surface area contributed by atoms with Crippen LogP contribution in [0.5, 0.6) is 0 Å². The first-order chi connectivity index (χ1) is 5.42. The molecule has 0 amide bonds. The standard InChI is InChI=1S/C7H13N3O/c11-9-10-3-1-2-6-4-8-5-7(6)10/h6-8H,1-5H2. The van der Waals surface area contributed by atoms with Crippen molar-refractivity contribution in [2.24, 2.45) is 11.2 Å². The molecule has 11 heavy (non-hydrogen) atoms. The number of nitrogens with zero attached hydrogens (tertiary/aromatic N) is 2. The molecule has 0 saturated carbocycles. The van der Waals surface area contributed by atoms with E-state index >= 15 is 0 Å². The summed E-state index contributed by atoms with van der Waals surface area (Å²) >= 11 is 0. The van der Waals surface area contributed by atoms with Crippen LogP contribution in [-0.4, -0.2) is 30.7 Å². The van der Waals surface area contributed by atoms with E-state index in [1.54, 1.807) is 5.01 Å². The smallest absolute Gasteiger partial charge is 0.0667 e. The van der Waals surface area contributed by atoms with E-state index < -0.39 is 0 Å². The van der Waals surface area contributed by atoms with Gasteiger partial charge in [-0.15, -0.1) is 4.91 Å².